The summed E-state index contributed by atoms with van der Waals surface area (Å²) >= 11 is 0.687. The molecule has 0 bridgehead atoms. The third-order valence-electron chi connectivity index (χ3n) is 8.50. The summed E-state index contributed by atoms with van der Waals surface area (Å²) in [4.78, 5) is 24.2. The van der Waals surface area contributed by atoms with E-state index in [2.05, 4.69) is 30.7 Å². The van der Waals surface area contributed by atoms with Crippen LogP contribution >= 0.6 is 11.3 Å². The average Bonchev–Trinajstić information content (AvgIpc) is 3.42. The zero-order chi connectivity index (χ0) is 25.1. The van der Waals surface area contributed by atoms with E-state index < -0.39 is 11.2 Å². The minimum Gasteiger partial charge on any atom is -0.337 e. The van der Waals surface area contributed by atoms with Crippen LogP contribution in [0.3, 0.4) is 0 Å². The second-order valence-corrected chi connectivity index (χ2v) is 11.8. The predicted molar refractivity (Wildman–Crippen MR) is 130 cm³/mol. The molecule has 0 spiro atoms. The Hall–Kier alpha value is -2.42. The second-order valence-electron chi connectivity index (χ2n) is 10.7. The van der Waals surface area contributed by atoms with Gasteiger partial charge in [0.1, 0.15) is 5.65 Å². The van der Waals surface area contributed by atoms with E-state index in [1.165, 1.54) is 0 Å². The summed E-state index contributed by atoms with van der Waals surface area (Å²) in [5.74, 6) is 1.14. The van der Waals surface area contributed by atoms with Gasteiger partial charge in [0.2, 0.25) is 5.91 Å². The first-order valence-electron chi connectivity index (χ1n) is 12.2. The number of rotatable bonds is 4. The number of hydrogen-bond acceptors (Lipinski definition) is 4. The fourth-order valence-corrected chi connectivity index (χ4v) is 6.70. The minimum absolute atomic E-state index is 0.148. The molecule has 3 aromatic rings. The van der Waals surface area contributed by atoms with E-state index in [1.54, 1.807) is 13.1 Å². The van der Waals surface area contributed by atoms with Gasteiger partial charge in [0.05, 0.1) is 18.8 Å². The lowest BCUT2D eigenvalue weighted by molar-refractivity contribution is -0.137. The van der Waals surface area contributed by atoms with Crippen LogP contribution < -0.4 is 0 Å². The lowest BCUT2D eigenvalue weighted by atomic mass is 9.75. The molecule has 1 aliphatic heterocycles. The standard InChI is InChI=1S/C26H31F3N4OS/c1-15-7-8-17(25(15,3)4)12-22(34)32-11-9-18-19-6-5-10-30-23(19)33(20(18)13-32)14-21-16(2)31-24(35-21)26(27,28)29/h5-6,10,15,17H,7-9,11-14H2,1-4H3/t15-,17-/m1/s1. The van der Waals surface area contributed by atoms with E-state index in [-0.39, 0.29) is 17.9 Å². The molecule has 0 unspecified atom stereocenters. The predicted octanol–water partition coefficient (Wildman–Crippen LogP) is 6.22. The van der Waals surface area contributed by atoms with Gasteiger partial charge in [-0.15, -0.1) is 11.3 Å². The van der Waals surface area contributed by atoms with Crippen LogP contribution in [0.4, 0.5) is 13.2 Å². The highest BCUT2D eigenvalue weighted by molar-refractivity contribution is 7.11. The lowest BCUT2D eigenvalue weighted by Crippen LogP contribution is -2.39. The Labute approximate surface area is 207 Å². The number of carbonyl (C=O) groups is 1. The number of nitrogens with zero attached hydrogens (tertiary/aromatic N) is 4. The summed E-state index contributed by atoms with van der Waals surface area (Å²) in [7, 11) is 0. The van der Waals surface area contributed by atoms with E-state index >= 15 is 0 Å². The number of halogens is 3. The van der Waals surface area contributed by atoms with E-state index in [9.17, 15) is 18.0 Å². The quantitative estimate of drug-likeness (QED) is 0.424. The van der Waals surface area contributed by atoms with Crippen molar-refractivity contribution in [2.45, 2.75) is 72.6 Å². The van der Waals surface area contributed by atoms with Crippen molar-refractivity contribution in [2.75, 3.05) is 6.54 Å². The highest BCUT2D eigenvalue weighted by Gasteiger charge is 2.42. The molecule has 2 aliphatic rings. The first-order chi connectivity index (χ1) is 16.5. The van der Waals surface area contributed by atoms with Crippen molar-refractivity contribution in [3.05, 3.63) is 45.2 Å². The molecule has 188 valence electrons. The maximum atomic E-state index is 13.4. The topological polar surface area (TPSA) is 51.0 Å². The van der Waals surface area contributed by atoms with Gasteiger partial charge in [0.15, 0.2) is 5.01 Å². The Balaban J connectivity index is 1.45. The van der Waals surface area contributed by atoms with Crippen LogP contribution in [0.1, 0.15) is 66.9 Å². The Morgan fingerprint density at radius 3 is 2.71 bits per heavy atom. The van der Waals surface area contributed by atoms with Gasteiger partial charge in [-0.2, -0.15) is 13.2 Å². The Kier molecular flexibility index (Phi) is 5.97. The van der Waals surface area contributed by atoms with Gasteiger partial charge in [-0.3, -0.25) is 4.79 Å². The zero-order valence-electron chi connectivity index (χ0n) is 20.6. The number of aryl methyl sites for hydroxylation is 1. The fraction of sp³-hybridized carbons (Fsp3) is 0.577. The number of carbonyl (C=O) groups excluding carboxylic acids is 1. The number of aromatic nitrogens is 3. The van der Waals surface area contributed by atoms with E-state index in [4.69, 9.17) is 0 Å². The summed E-state index contributed by atoms with van der Waals surface area (Å²) in [5.41, 5.74) is 3.40. The molecule has 4 heterocycles. The summed E-state index contributed by atoms with van der Waals surface area (Å²) in [6.07, 6.45) is 0.749. The summed E-state index contributed by atoms with van der Waals surface area (Å²) in [5, 5.41) is 0.187. The van der Waals surface area contributed by atoms with Gasteiger partial charge in [0, 0.05) is 35.1 Å². The molecule has 0 radical (unpaired) electrons. The molecule has 1 saturated carbocycles. The van der Waals surface area contributed by atoms with Crippen LogP contribution in [0.5, 0.6) is 0 Å². The molecule has 1 fully saturated rings. The third-order valence-corrected chi connectivity index (χ3v) is 9.68. The maximum absolute atomic E-state index is 13.4. The van der Waals surface area contributed by atoms with Crippen molar-refractivity contribution >= 4 is 28.3 Å². The number of amides is 1. The molecule has 9 heteroatoms. The molecular formula is C26H31F3N4OS. The molecule has 1 aliphatic carbocycles. The number of fused-ring (bicyclic) bond motifs is 3. The molecule has 0 N–H and O–H groups in total. The molecule has 5 nitrogen and oxygen atoms in total. The number of alkyl halides is 3. The molecule has 0 aromatic carbocycles. The fourth-order valence-electron chi connectivity index (χ4n) is 5.79. The highest BCUT2D eigenvalue weighted by atomic mass is 32.1. The Morgan fingerprint density at radius 1 is 1.29 bits per heavy atom. The largest absolute Gasteiger partial charge is 0.443 e. The SMILES string of the molecule is Cc1nc(C(F)(F)F)sc1Cn1c2c(c3cccnc31)CCN(C(=O)C[C@H]1CC[C@@H](C)C1(C)C)C2. The molecular weight excluding hydrogens is 473 g/mol. The molecule has 5 rings (SSSR count). The van der Waals surface area contributed by atoms with Crippen LogP contribution in [-0.4, -0.2) is 31.9 Å². The van der Waals surface area contributed by atoms with Gasteiger partial charge < -0.3 is 9.47 Å². The van der Waals surface area contributed by atoms with Crippen molar-refractivity contribution in [3.63, 3.8) is 0 Å². The van der Waals surface area contributed by atoms with Crippen molar-refractivity contribution in [2.24, 2.45) is 17.3 Å². The summed E-state index contributed by atoms with van der Waals surface area (Å²) < 4.78 is 41.8. The van der Waals surface area contributed by atoms with Gasteiger partial charge >= 0.3 is 6.18 Å². The number of hydrogen-bond donors (Lipinski definition) is 0. The van der Waals surface area contributed by atoms with Gasteiger partial charge in [-0.25, -0.2) is 9.97 Å². The van der Waals surface area contributed by atoms with Crippen LogP contribution in [-0.2, 0) is 30.5 Å². The van der Waals surface area contributed by atoms with Crippen LogP contribution in [0, 0.1) is 24.2 Å². The van der Waals surface area contributed by atoms with Crippen LogP contribution in [0.2, 0.25) is 0 Å². The molecule has 1 amide bonds. The van der Waals surface area contributed by atoms with Gasteiger partial charge in [-0.05, 0) is 61.1 Å². The number of pyridine rings is 1. The van der Waals surface area contributed by atoms with Crippen molar-refractivity contribution in [3.8, 4) is 0 Å². The third kappa shape index (κ3) is 4.26. The number of thiazole rings is 1. The smallest absolute Gasteiger partial charge is 0.337 e. The van der Waals surface area contributed by atoms with E-state index in [0.717, 1.165) is 41.6 Å². The van der Waals surface area contributed by atoms with Gasteiger partial charge in [0.25, 0.3) is 0 Å². The molecule has 35 heavy (non-hydrogen) atoms. The van der Waals surface area contributed by atoms with Crippen LogP contribution in [0.25, 0.3) is 11.0 Å². The van der Waals surface area contributed by atoms with Crippen LogP contribution in [0.15, 0.2) is 18.3 Å². The first-order valence-corrected chi connectivity index (χ1v) is 13.0. The maximum Gasteiger partial charge on any atom is 0.443 e. The molecule has 2 atom stereocenters. The second kappa shape index (κ2) is 8.61. The van der Waals surface area contributed by atoms with Crippen molar-refractivity contribution < 1.29 is 18.0 Å². The molecule has 0 saturated heterocycles. The summed E-state index contributed by atoms with van der Waals surface area (Å²) in [6, 6.07) is 3.89. The van der Waals surface area contributed by atoms with Gasteiger partial charge in [-0.1, -0.05) is 20.8 Å². The van der Waals surface area contributed by atoms with Crippen molar-refractivity contribution in [1.82, 2.24) is 19.4 Å². The Bertz CT molecular complexity index is 1280. The van der Waals surface area contributed by atoms with E-state index in [1.807, 2.05) is 21.6 Å². The van der Waals surface area contributed by atoms with Crippen molar-refractivity contribution in [1.29, 1.82) is 0 Å². The monoisotopic (exact) mass is 504 g/mol. The Morgan fingerprint density at radius 2 is 2.06 bits per heavy atom. The normalized spacial score (nSPS) is 22.1. The summed E-state index contributed by atoms with van der Waals surface area (Å²) in [6.45, 7) is 9.80. The highest BCUT2D eigenvalue weighted by Crippen LogP contribution is 2.49. The first kappa shape index (κ1) is 24.3. The minimum atomic E-state index is -4.46. The lowest BCUT2D eigenvalue weighted by Gasteiger charge is -2.34. The molecule has 3 aromatic heterocycles. The average molecular weight is 505 g/mol. The zero-order valence-corrected chi connectivity index (χ0v) is 21.4. The van der Waals surface area contributed by atoms with E-state index in [0.29, 0.717) is 53.3 Å².